The number of nitrogens with zero attached hydrogens (tertiary/aromatic N) is 1. The second-order valence-electron chi connectivity index (χ2n) is 4.88. The molecule has 0 saturated carbocycles. The molecule has 0 bridgehead atoms. The first-order valence-electron chi connectivity index (χ1n) is 6.60. The maximum Gasteiger partial charge on any atom is 0.475 e. The zero-order valence-corrected chi connectivity index (χ0v) is 12.6. The fraction of sp³-hybridized carbons (Fsp3) is 0.429. The molecule has 1 atom stereocenters. The molecule has 0 aliphatic carbocycles. The van der Waals surface area contributed by atoms with Gasteiger partial charge in [0.1, 0.15) is 0 Å². The monoisotopic (exact) mass is 318 g/mol. The van der Waals surface area contributed by atoms with E-state index in [1.165, 1.54) is 12.1 Å². The Labute approximate surface area is 123 Å². The fourth-order valence-electron chi connectivity index (χ4n) is 2.08. The minimum atomic E-state index is -4.73. The number of hydrogen-bond acceptors (Lipinski definition) is 2. The van der Waals surface area contributed by atoms with Crippen molar-refractivity contribution in [2.24, 2.45) is 0 Å². The summed E-state index contributed by atoms with van der Waals surface area (Å²) < 4.78 is 49.1. The van der Waals surface area contributed by atoms with E-state index in [1.54, 1.807) is 12.3 Å². The molecule has 1 heterocycles. The van der Waals surface area contributed by atoms with E-state index in [4.69, 9.17) is 0 Å². The summed E-state index contributed by atoms with van der Waals surface area (Å²) in [5, 5.41) is 0.703. The molecule has 2 aromatic rings. The van der Waals surface area contributed by atoms with Crippen molar-refractivity contribution in [2.75, 3.05) is 20.1 Å². The van der Waals surface area contributed by atoms with E-state index >= 15 is 0 Å². The molecule has 0 aliphatic heterocycles. The van der Waals surface area contributed by atoms with Gasteiger partial charge in [-0.05, 0) is 43.8 Å². The summed E-state index contributed by atoms with van der Waals surface area (Å²) in [6.07, 6.45) is 2.53. The molecule has 116 valence electrons. The molecule has 1 unspecified atom stereocenters. The highest BCUT2D eigenvalue weighted by atomic mass is 32.2. The van der Waals surface area contributed by atoms with Crippen LogP contribution in [0.2, 0.25) is 0 Å². The molecule has 0 spiro atoms. The Morgan fingerprint density at radius 2 is 2.05 bits per heavy atom. The van der Waals surface area contributed by atoms with Crippen LogP contribution in [0.15, 0.2) is 29.3 Å². The molecule has 2 rings (SSSR count). The van der Waals surface area contributed by atoms with Gasteiger partial charge in [0, 0.05) is 28.5 Å². The van der Waals surface area contributed by atoms with Gasteiger partial charge in [0.05, 0.1) is 0 Å². The standard InChI is InChI=1S/C14H17F3N2OS/c1-3-19(2)7-6-10-9-18-13-5-4-11(8-12(10)13)21(20)14(15,16)17/h4-5,8-9,18H,3,6-7H2,1-2H3. The Balaban J connectivity index is 2.31. The zero-order chi connectivity index (χ0) is 15.6. The van der Waals surface area contributed by atoms with Crippen LogP contribution >= 0.6 is 0 Å². The molecule has 21 heavy (non-hydrogen) atoms. The van der Waals surface area contributed by atoms with Gasteiger partial charge in [-0.2, -0.15) is 13.2 Å². The van der Waals surface area contributed by atoms with Gasteiger partial charge in [0.2, 0.25) is 0 Å². The number of alkyl halides is 3. The van der Waals surface area contributed by atoms with Crippen molar-refractivity contribution in [1.29, 1.82) is 0 Å². The molecule has 0 fully saturated rings. The minimum Gasteiger partial charge on any atom is -0.361 e. The first-order valence-corrected chi connectivity index (χ1v) is 7.75. The summed E-state index contributed by atoms with van der Waals surface area (Å²) in [6, 6.07) is 4.17. The summed E-state index contributed by atoms with van der Waals surface area (Å²) in [4.78, 5) is 4.95. The van der Waals surface area contributed by atoms with Crippen LogP contribution in [0.1, 0.15) is 12.5 Å². The van der Waals surface area contributed by atoms with Crippen molar-refractivity contribution >= 4 is 21.7 Å². The third kappa shape index (κ3) is 3.65. The van der Waals surface area contributed by atoms with Crippen LogP contribution in [-0.4, -0.2) is 39.7 Å². The van der Waals surface area contributed by atoms with Gasteiger partial charge in [0.15, 0.2) is 10.8 Å². The summed E-state index contributed by atoms with van der Waals surface area (Å²) >= 11 is 0. The second kappa shape index (κ2) is 6.19. The molecular formula is C14H17F3N2OS. The number of H-pyrrole nitrogens is 1. The van der Waals surface area contributed by atoms with Gasteiger partial charge in [-0.3, -0.25) is 0 Å². The van der Waals surface area contributed by atoms with E-state index in [0.717, 1.165) is 30.6 Å². The average Bonchev–Trinajstić information content (AvgIpc) is 2.85. The molecule has 0 aliphatic rings. The highest BCUT2D eigenvalue weighted by Crippen LogP contribution is 2.29. The lowest BCUT2D eigenvalue weighted by molar-refractivity contribution is -0.0384. The maximum atomic E-state index is 12.5. The molecule has 0 radical (unpaired) electrons. The average molecular weight is 318 g/mol. The lowest BCUT2D eigenvalue weighted by Gasteiger charge is -2.13. The summed E-state index contributed by atoms with van der Waals surface area (Å²) in [7, 11) is -1.00. The molecule has 3 nitrogen and oxygen atoms in total. The van der Waals surface area contributed by atoms with E-state index < -0.39 is 16.3 Å². The first-order chi connectivity index (χ1) is 9.82. The number of fused-ring (bicyclic) bond motifs is 1. The Morgan fingerprint density at radius 3 is 2.67 bits per heavy atom. The molecule has 1 aromatic carbocycles. The van der Waals surface area contributed by atoms with Gasteiger partial charge in [-0.15, -0.1) is 0 Å². The number of likely N-dealkylation sites (N-methyl/N-ethyl adjacent to an activating group) is 1. The van der Waals surface area contributed by atoms with Crippen molar-refractivity contribution in [3.05, 3.63) is 30.0 Å². The van der Waals surface area contributed by atoms with Gasteiger partial charge < -0.3 is 9.88 Å². The van der Waals surface area contributed by atoms with Crippen molar-refractivity contribution < 1.29 is 17.4 Å². The highest BCUT2D eigenvalue weighted by Gasteiger charge is 2.38. The van der Waals surface area contributed by atoms with E-state index in [1.807, 2.05) is 14.0 Å². The minimum absolute atomic E-state index is 0.209. The van der Waals surface area contributed by atoms with Gasteiger partial charge in [-0.25, -0.2) is 4.21 Å². The van der Waals surface area contributed by atoms with Gasteiger partial charge >= 0.3 is 5.51 Å². The highest BCUT2D eigenvalue weighted by molar-refractivity contribution is 7.86. The molecule has 0 saturated heterocycles. The first kappa shape index (κ1) is 16.0. The quantitative estimate of drug-likeness (QED) is 0.918. The number of rotatable bonds is 5. The number of aromatic nitrogens is 1. The van der Waals surface area contributed by atoms with Crippen LogP contribution < -0.4 is 0 Å². The van der Waals surface area contributed by atoms with Crippen LogP contribution in [0.25, 0.3) is 10.9 Å². The zero-order valence-electron chi connectivity index (χ0n) is 11.8. The third-order valence-electron chi connectivity index (χ3n) is 3.47. The van der Waals surface area contributed by atoms with Crippen molar-refractivity contribution in [1.82, 2.24) is 9.88 Å². The Bertz CT molecular complexity index is 651. The molecule has 1 N–H and O–H groups in total. The number of hydrogen-bond donors (Lipinski definition) is 1. The Kier molecular flexibility index (Phi) is 4.73. The predicted molar refractivity (Wildman–Crippen MR) is 77.6 cm³/mol. The Morgan fingerprint density at radius 1 is 1.33 bits per heavy atom. The van der Waals surface area contributed by atoms with Gasteiger partial charge in [0.25, 0.3) is 0 Å². The SMILES string of the molecule is CCN(C)CCc1c[nH]c2ccc(S(=O)C(F)(F)F)cc12. The van der Waals surface area contributed by atoms with Crippen LogP contribution in [0.4, 0.5) is 13.2 Å². The largest absolute Gasteiger partial charge is 0.475 e. The van der Waals surface area contributed by atoms with Crippen molar-refractivity contribution in [3.8, 4) is 0 Å². The van der Waals surface area contributed by atoms with E-state index in [-0.39, 0.29) is 4.90 Å². The fourth-order valence-corrected chi connectivity index (χ4v) is 2.77. The molecule has 1 aromatic heterocycles. The normalized spacial score (nSPS) is 14.0. The maximum absolute atomic E-state index is 12.5. The molecule has 0 amide bonds. The molecular weight excluding hydrogens is 301 g/mol. The number of benzene rings is 1. The third-order valence-corrected chi connectivity index (χ3v) is 4.57. The predicted octanol–water partition coefficient (Wildman–Crippen LogP) is 3.29. The van der Waals surface area contributed by atoms with Crippen LogP contribution in [0.5, 0.6) is 0 Å². The smallest absolute Gasteiger partial charge is 0.361 e. The van der Waals surface area contributed by atoms with Crippen LogP contribution in [0.3, 0.4) is 0 Å². The van der Waals surface area contributed by atoms with Crippen LogP contribution in [-0.2, 0) is 17.2 Å². The lowest BCUT2D eigenvalue weighted by atomic mass is 10.1. The summed E-state index contributed by atoms with van der Waals surface area (Å²) in [5.74, 6) is 0. The summed E-state index contributed by atoms with van der Waals surface area (Å²) in [5.41, 5.74) is -3.04. The second-order valence-corrected chi connectivity index (χ2v) is 6.35. The lowest BCUT2D eigenvalue weighted by Crippen LogP contribution is -2.20. The van der Waals surface area contributed by atoms with Gasteiger partial charge in [-0.1, -0.05) is 6.92 Å². The number of aromatic amines is 1. The molecule has 7 heteroatoms. The van der Waals surface area contributed by atoms with E-state index in [9.17, 15) is 17.4 Å². The topological polar surface area (TPSA) is 36.1 Å². The number of nitrogens with one attached hydrogen (secondary N) is 1. The Hall–Kier alpha value is -1.34. The van der Waals surface area contributed by atoms with Crippen molar-refractivity contribution in [3.63, 3.8) is 0 Å². The van der Waals surface area contributed by atoms with E-state index in [2.05, 4.69) is 9.88 Å². The van der Waals surface area contributed by atoms with Crippen molar-refractivity contribution in [2.45, 2.75) is 23.7 Å². The van der Waals surface area contributed by atoms with E-state index in [0.29, 0.717) is 5.39 Å². The summed E-state index contributed by atoms with van der Waals surface area (Å²) in [6.45, 7) is 3.77. The van der Waals surface area contributed by atoms with Crippen LogP contribution in [0, 0.1) is 0 Å². The number of halogens is 3.